The summed E-state index contributed by atoms with van der Waals surface area (Å²) < 4.78 is 0. The van der Waals surface area contributed by atoms with Gasteiger partial charge in [0.15, 0.2) is 5.16 Å². The number of H-pyrrole nitrogens is 1. The van der Waals surface area contributed by atoms with Crippen LogP contribution in [0.5, 0.6) is 0 Å². The van der Waals surface area contributed by atoms with Crippen molar-refractivity contribution in [3.63, 3.8) is 0 Å². The molecule has 4 heteroatoms. The number of aromatic nitrogens is 2. The lowest BCUT2D eigenvalue weighted by atomic mass is 10.3. The fourth-order valence-corrected chi connectivity index (χ4v) is 1.33. The molecule has 1 N–H and O–H groups in total. The van der Waals surface area contributed by atoms with Crippen LogP contribution < -0.4 is 0 Å². The van der Waals surface area contributed by atoms with Gasteiger partial charge in [0.2, 0.25) is 0 Å². The van der Waals surface area contributed by atoms with E-state index >= 15 is 0 Å². The molecule has 0 saturated heterocycles. The predicted octanol–water partition coefficient (Wildman–Crippen LogP) is 2.77. The molecule has 2 aromatic rings. The number of aromatic amines is 1. The third-order valence-electron chi connectivity index (χ3n) is 1.42. The minimum atomic E-state index is 0.502. The second-order valence-electron chi connectivity index (χ2n) is 2.20. The first-order valence-corrected chi connectivity index (χ1v) is 3.86. The highest BCUT2D eigenvalue weighted by molar-refractivity contribution is 7.80. The molecule has 1 heterocycles. The lowest BCUT2D eigenvalue weighted by Gasteiger charge is -1.86. The summed E-state index contributed by atoms with van der Waals surface area (Å²) in [5, 5.41) is 1.18. The van der Waals surface area contributed by atoms with E-state index in [2.05, 4.69) is 9.97 Å². The number of benzene rings is 1. The van der Waals surface area contributed by atoms with Gasteiger partial charge in [0.1, 0.15) is 0 Å². The Bertz CT molecular complexity index is 396. The standard InChI is InChI=1S/C7H4ClN2S/c8-4-1-2-5-6(3-4)10-7(11)9-5/h1-3H,(H,9,10). The van der Waals surface area contributed by atoms with Crippen molar-refractivity contribution in [1.82, 2.24) is 9.97 Å². The molecule has 1 radical (unpaired) electrons. The first-order valence-electron chi connectivity index (χ1n) is 3.08. The Balaban J connectivity index is 2.82. The lowest BCUT2D eigenvalue weighted by molar-refractivity contribution is 1.09. The number of nitrogens with one attached hydrogen (secondary N) is 1. The second-order valence-corrected chi connectivity index (χ2v) is 3.03. The summed E-state index contributed by atoms with van der Waals surface area (Å²) in [5.74, 6) is 0. The molecule has 55 valence electrons. The van der Waals surface area contributed by atoms with E-state index in [9.17, 15) is 0 Å². The van der Waals surface area contributed by atoms with Crippen molar-refractivity contribution >= 4 is 35.3 Å². The van der Waals surface area contributed by atoms with Gasteiger partial charge >= 0.3 is 0 Å². The second kappa shape index (κ2) is 2.36. The summed E-state index contributed by atoms with van der Waals surface area (Å²) in [6.45, 7) is 0. The van der Waals surface area contributed by atoms with E-state index in [1.807, 2.05) is 6.07 Å². The van der Waals surface area contributed by atoms with Gasteiger partial charge in [-0.15, -0.1) is 0 Å². The van der Waals surface area contributed by atoms with Crippen molar-refractivity contribution in [2.24, 2.45) is 0 Å². The maximum absolute atomic E-state index is 5.74. The first-order chi connectivity index (χ1) is 5.25. The number of halogens is 1. The number of nitrogens with zero attached hydrogens (tertiary/aromatic N) is 1. The fourth-order valence-electron chi connectivity index (χ4n) is 0.956. The number of fused-ring (bicyclic) bond motifs is 1. The van der Waals surface area contributed by atoms with Crippen molar-refractivity contribution in [1.29, 1.82) is 0 Å². The fraction of sp³-hybridized carbons (Fsp3) is 0. The summed E-state index contributed by atoms with van der Waals surface area (Å²) in [5.41, 5.74) is 1.75. The van der Waals surface area contributed by atoms with Gasteiger partial charge in [-0.2, -0.15) is 0 Å². The summed E-state index contributed by atoms with van der Waals surface area (Å²) in [6, 6.07) is 5.44. The van der Waals surface area contributed by atoms with Crippen molar-refractivity contribution in [3.05, 3.63) is 23.2 Å². The van der Waals surface area contributed by atoms with Crippen molar-refractivity contribution in [2.45, 2.75) is 5.16 Å². The van der Waals surface area contributed by atoms with Gasteiger partial charge in [0.05, 0.1) is 11.0 Å². The molecular formula is C7H4ClN2S. The van der Waals surface area contributed by atoms with Crippen molar-refractivity contribution < 1.29 is 0 Å². The molecule has 0 aliphatic heterocycles. The van der Waals surface area contributed by atoms with Gasteiger partial charge in [-0.25, -0.2) is 4.98 Å². The smallest absolute Gasteiger partial charge is 0.197 e. The van der Waals surface area contributed by atoms with Gasteiger partial charge in [-0.1, -0.05) is 11.6 Å². The third kappa shape index (κ3) is 1.17. The van der Waals surface area contributed by atoms with Crippen LogP contribution in [-0.4, -0.2) is 9.97 Å². The van der Waals surface area contributed by atoms with E-state index in [1.165, 1.54) is 0 Å². The molecule has 0 amide bonds. The van der Waals surface area contributed by atoms with Crippen molar-refractivity contribution in [3.8, 4) is 0 Å². The van der Waals surface area contributed by atoms with Gasteiger partial charge in [-0.3, -0.25) is 0 Å². The molecule has 0 saturated carbocycles. The van der Waals surface area contributed by atoms with Crippen molar-refractivity contribution in [2.75, 3.05) is 0 Å². The monoisotopic (exact) mass is 183 g/mol. The molecule has 0 atom stereocenters. The summed E-state index contributed by atoms with van der Waals surface area (Å²) in [6.07, 6.45) is 0. The van der Waals surface area contributed by atoms with Gasteiger partial charge in [0.25, 0.3) is 0 Å². The maximum Gasteiger partial charge on any atom is 0.197 e. The van der Waals surface area contributed by atoms with Crippen LogP contribution in [0.15, 0.2) is 23.4 Å². The minimum Gasteiger partial charge on any atom is -0.329 e. The van der Waals surface area contributed by atoms with Crippen LogP contribution in [0, 0.1) is 0 Å². The van der Waals surface area contributed by atoms with E-state index in [0.717, 1.165) is 11.0 Å². The van der Waals surface area contributed by atoms with Gasteiger partial charge in [0, 0.05) is 5.02 Å². The highest BCUT2D eigenvalue weighted by atomic mass is 35.5. The Labute approximate surface area is 74.0 Å². The lowest BCUT2D eigenvalue weighted by Crippen LogP contribution is -1.67. The van der Waals surface area contributed by atoms with Crippen LogP contribution in [0.2, 0.25) is 5.02 Å². The number of hydrogen-bond acceptors (Lipinski definition) is 1. The van der Waals surface area contributed by atoms with Crippen LogP contribution in [0.1, 0.15) is 0 Å². The summed E-state index contributed by atoms with van der Waals surface area (Å²) in [7, 11) is 0. The molecule has 2 rings (SSSR count). The van der Waals surface area contributed by atoms with E-state index in [4.69, 9.17) is 24.2 Å². The molecule has 0 aliphatic rings. The number of imidazole rings is 1. The Morgan fingerprint density at radius 1 is 1.45 bits per heavy atom. The first kappa shape index (κ1) is 6.88. The SMILES string of the molecule is [S]c1nc2cc(Cl)ccc2[nH]1. The van der Waals surface area contributed by atoms with Crippen LogP contribution in [0.25, 0.3) is 11.0 Å². The average molecular weight is 184 g/mol. The summed E-state index contributed by atoms with van der Waals surface area (Å²) in [4.78, 5) is 6.98. The van der Waals surface area contributed by atoms with Gasteiger partial charge in [-0.05, 0) is 30.8 Å². The number of hydrogen-bond donors (Lipinski definition) is 1. The largest absolute Gasteiger partial charge is 0.329 e. The van der Waals surface area contributed by atoms with Crippen LogP contribution in [0.3, 0.4) is 0 Å². The van der Waals surface area contributed by atoms with Gasteiger partial charge < -0.3 is 4.98 Å². The quantitative estimate of drug-likeness (QED) is 0.669. The average Bonchev–Trinajstić information content (AvgIpc) is 2.27. The normalized spacial score (nSPS) is 10.6. The van der Waals surface area contributed by atoms with E-state index in [0.29, 0.717) is 10.2 Å². The molecule has 2 nitrogen and oxygen atoms in total. The zero-order valence-corrected chi connectivity index (χ0v) is 7.04. The van der Waals surface area contributed by atoms with E-state index in [1.54, 1.807) is 12.1 Å². The maximum atomic E-state index is 5.74. The molecule has 0 fully saturated rings. The molecule has 0 bridgehead atoms. The van der Waals surface area contributed by atoms with E-state index in [-0.39, 0.29) is 0 Å². The topological polar surface area (TPSA) is 28.7 Å². The molecule has 0 unspecified atom stereocenters. The molecule has 0 spiro atoms. The minimum absolute atomic E-state index is 0.502. The van der Waals surface area contributed by atoms with Crippen LogP contribution in [-0.2, 0) is 0 Å². The Kier molecular flexibility index (Phi) is 1.47. The van der Waals surface area contributed by atoms with Crippen LogP contribution >= 0.6 is 24.2 Å². The molecule has 0 aliphatic carbocycles. The number of rotatable bonds is 0. The third-order valence-corrected chi connectivity index (χ3v) is 1.85. The Hall–Kier alpha value is -0.800. The predicted molar refractivity (Wildman–Crippen MR) is 47.0 cm³/mol. The Morgan fingerprint density at radius 2 is 2.27 bits per heavy atom. The van der Waals surface area contributed by atoms with Crippen LogP contribution in [0.4, 0.5) is 0 Å². The molecule has 1 aromatic heterocycles. The zero-order valence-electron chi connectivity index (χ0n) is 5.47. The molecule has 11 heavy (non-hydrogen) atoms. The highest BCUT2D eigenvalue weighted by Gasteiger charge is 1.99. The van der Waals surface area contributed by atoms with E-state index < -0.39 is 0 Å². The molecular weight excluding hydrogens is 180 g/mol. The summed E-state index contributed by atoms with van der Waals surface area (Å²) >= 11 is 10.6. The molecule has 1 aromatic carbocycles. The highest BCUT2D eigenvalue weighted by Crippen LogP contribution is 2.17. The zero-order chi connectivity index (χ0) is 7.84. The Morgan fingerprint density at radius 3 is 3.09 bits per heavy atom.